The molecule has 0 radical (unpaired) electrons. The van der Waals surface area contributed by atoms with Crippen molar-refractivity contribution in [2.24, 2.45) is 0 Å². The number of pyridine rings is 1. The molecule has 1 heterocycles. The van der Waals surface area contributed by atoms with Crippen LogP contribution >= 0.6 is 11.6 Å². The molecule has 0 saturated heterocycles. The molecule has 0 aliphatic rings. The van der Waals surface area contributed by atoms with Crippen LogP contribution in [0.1, 0.15) is 15.9 Å². The highest BCUT2D eigenvalue weighted by Gasteiger charge is 2.19. The Bertz CT molecular complexity index is 1010. The van der Waals surface area contributed by atoms with Crippen molar-refractivity contribution in [3.05, 3.63) is 77.2 Å². The zero-order chi connectivity index (χ0) is 21.6. The van der Waals surface area contributed by atoms with Crippen molar-refractivity contribution in [2.45, 2.75) is 6.54 Å². The summed E-state index contributed by atoms with van der Waals surface area (Å²) in [6, 6.07) is 5.55. The fourth-order valence-corrected chi connectivity index (χ4v) is 2.67. The number of ether oxygens (including phenoxy) is 1. The Balaban J connectivity index is 2.31. The second kappa shape index (κ2) is 9.50. The summed E-state index contributed by atoms with van der Waals surface area (Å²) in [5, 5.41) is 22.8. The predicted octanol–water partition coefficient (Wildman–Crippen LogP) is 1.40. The first-order chi connectivity index (χ1) is 13.7. The summed E-state index contributed by atoms with van der Waals surface area (Å²) in [5.74, 6) is -0.508. The maximum atomic E-state index is 12.6. The van der Waals surface area contributed by atoms with E-state index in [0.717, 1.165) is 16.8 Å². The van der Waals surface area contributed by atoms with Crippen LogP contribution in [0, 0.1) is 20.2 Å². The first-order valence-electron chi connectivity index (χ1n) is 7.99. The lowest BCUT2D eigenvalue weighted by Crippen LogP contribution is -2.35. The fraction of sp³-hybridized carbons (Fsp3) is 0.250. The molecule has 0 saturated carbocycles. The van der Waals surface area contributed by atoms with Gasteiger partial charge in [0, 0.05) is 12.6 Å². The van der Waals surface area contributed by atoms with Gasteiger partial charge in [-0.1, -0.05) is 17.7 Å². The second-order valence-electron chi connectivity index (χ2n) is 5.58. The molecule has 1 amide bonds. The minimum atomic E-state index is -1.04. The lowest BCUT2D eigenvalue weighted by molar-refractivity contribution is -0.757. The Morgan fingerprint density at radius 3 is 2.59 bits per heavy atom. The van der Waals surface area contributed by atoms with Crippen LogP contribution in [-0.2, 0) is 11.4 Å². The van der Waals surface area contributed by atoms with Gasteiger partial charge in [-0.05, 0) is 17.7 Å². The van der Waals surface area contributed by atoms with E-state index in [4.69, 9.17) is 16.3 Å². The van der Waals surface area contributed by atoms with E-state index in [1.165, 1.54) is 13.2 Å². The molecule has 1 N–H and O–H groups in total. The Morgan fingerprint density at radius 2 is 2.00 bits per heavy atom. The first-order valence-corrected chi connectivity index (χ1v) is 8.37. The highest BCUT2D eigenvalue weighted by Crippen LogP contribution is 2.25. The minimum absolute atomic E-state index is 0.0884. The van der Waals surface area contributed by atoms with Crippen molar-refractivity contribution in [3.63, 3.8) is 0 Å². The maximum absolute atomic E-state index is 12.6. The highest BCUT2D eigenvalue weighted by molar-refractivity contribution is 6.32. The number of rotatable bonds is 9. The topological polar surface area (TPSA) is 156 Å². The Hall–Kier alpha value is -3.67. The lowest BCUT2D eigenvalue weighted by Gasteiger charge is -2.10. The number of benzene rings is 1. The van der Waals surface area contributed by atoms with E-state index in [-0.39, 0.29) is 18.1 Å². The van der Waals surface area contributed by atoms with E-state index in [2.05, 4.69) is 10.2 Å². The second-order valence-corrected chi connectivity index (χ2v) is 5.99. The van der Waals surface area contributed by atoms with Crippen molar-refractivity contribution in [3.8, 4) is 5.75 Å². The van der Waals surface area contributed by atoms with Gasteiger partial charge in [-0.25, -0.2) is 0 Å². The van der Waals surface area contributed by atoms with E-state index in [9.17, 15) is 29.8 Å². The van der Waals surface area contributed by atoms with Gasteiger partial charge in [0.15, 0.2) is 0 Å². The molecular weight excluding hydrogens is 412 g/mol. The summed E-state index contributed by atoms with van der Waals surface area (Å²) in [6.07, 6.45) is 1.01. The van der Waals surface area contributed by atoms with E-state index in [0.29, 0.717) is 11.3 Å². The van der Waals surface area contributed by atoms with Gasteiger partial charge in [-0.2, -0.15) is 0 Å². The van der Waals surface area contributed by atoms with E-state index >= 15 is 0 Å². The monoisotopic (exact) mass is 426 g/mol. The maximum Gasteiger partial charge on any atom is 0.294 e. The normalized spacial score (nSPS) is 10.3. The van der Waals surface area contributed by atoms with Crippen LogP contribution < -0.4 is 15.6 Å². The molecule has 154 valence electrons. The van der Waals surface area contributed by atoms with Gasteiger partial charge >= 0.3 is 0 Å². The van der Waals surface area contributed by atoms with E-state index in [1.807, 2.05) is 0 Å². The van der Waals surface area contributed by atoms with E-state index < -0.39 is 39.3 Å². The molecule has 29 heavy (non-hydrogen) atoms. The summed E-state index contributed by atoms with van der Waals surface area (Å²) in [7, 11) is 1.44. The van der Waals surface area contributed by atoms with Gasteiger partial charge in [-0.15, -0.1) is 10.1 Å². The molecule has 0 spiro atoms. The molecular formula is C16H15ClN4O8. The number of nitrogens with one attached hydrogen (secondary N) is 1. The number of nitro groups is 1. The molecule has 0 fully saturated rings. The average molecular weight is 427 g/mol. The van der Waals surface area contributed by atoms with Crippen molar-refractivity contribution in [1.82, 2.24) is 9.88 Å². The zero-order valence-corrected chi connectivity index (χ0v) is 15.7. The molecule has 0 bridgehead atoms. The van der Waals surface area contributed by atoms with Crippen LogP contribution in [0.2, 0.25) is 5.02 Å². The van der Waals surface area contributed by atoms with Gasteiger partial charge in [0.25, 0.3) is 22.2 Å². The summed E-state index contributed by atoms with van der Waals surface area (Å²) in [4.78, 5) is 49.4. The summed E-state index contributed by atoms with van der Waals surface area (Å²) < 4.78 is 6.04. The van der Waals surface area contributed by atoms with Gasteiger partial charge in [0.05, 0.1) is 29.8 Å². The largest absolute Gasteiger partial charge is 0.495 e. The van der Waals surface area contributed by atoms with Crippen LogP contribution in [0.25, 0.3) is 0 Å². The number of nitrogens with zero attached hydrogens (tertiary/aromatic N) is 3. The van der Waals surface area contributed by atoms with Crippen molar-refractivity contribution in [2.75, 3.05) is 20.3 Å². The third-order valence-electron chi connectivity index (χ3n) is 3.68. The van der Waals surface area contributed by atoms with Gasteiger partial charge in [-0.3, -0.25) is 19.7 Å². The number of methoxy groups -OCH3 is 1. The van der Waals surface area contributed by atoms with Gasteiger partial charge in [0.2, 0.25) is 0 Å². The Kier molecular flexibility index (Phi) is 7.09. The Morgan fingerprint density at radius 1 is 1.28 bits per heavy atom. The highest BCUT2D eigenvalue weighted by atomic mass is 35.5. The molecule has 0 atom stereocenters. The van der Waals surface area contributed by atoms with Crippen molar-refractivity contribution >= 4 is 23.2 Å². The van der Waals surface area contributed by atoms with Gasteiger partial charge < -0.3 is 19.5 Å². The third kappa shape index (κ3) is 5.65. The minimum Gasteiger partial charge on any atom is -0.495 e. The fourth-order valence-electron chi connectivity index (χ4n) is 2.38. The number of hydrogen-bond donors (Lipinski definition) is 1. The SMILES string of the molecule is COc1ccc(Cn2cc([N+](=O)[O-])cc(C(=O)NCCO[N+](=O)[O-])c2=O)cc1Cl. The smallest absolute Gasteiger partial charge is 0.294 e. The van der Waals surface area contributed by atoms with Crippen LogP contribution in [-0.4, -0.2) is 40.7 Å². The molecule has 0 aliphatic carbocycles. The zero-order valence-electron chi connectivity index (χ0n) is 15.0. The first kappa shape index (κ1) is 21.6. The lowest BCUT2D eigenvalue weighted by atomic mass is 10.2. The molecule has 12 nitrogen and oxygen atoms in total. The van der Waals surface area contributed by atoms with Crippen LogP contribution in [0.5, 0.6) is 5.75 Å². The predicted molar refractivity (Wildman–Crippen MR) is 99.7 cm³/mol. The molecule has 2 rings (SSSR count). The number of carbonyl (C=O) groups excluding carboxylic acids is 1. The van der Waals surface area contributed by atoms with Crippen LogP contribution in [0.3, 0.4) is 0 Å². The number of halogens is 1. The van der Waals surface area contributed by atoms with Crippen LogP contribution in [0.15, 0.2) is 35.3 Å². The molecule has 13 heteroatoms. The molecule has 1 aromatic heterocycles. The molecule has 0 unspecified atom stereocenters. The van der Waals surface area contributed by atoms with Crippen LogP contribution in [0.4, 0.5) is 5.69 Å². The molecule has 2 aromatic rings. The summed E-state index contributed by atoms with van der Waals surface area (Å²) in [6.45, 7) is -0.794. The average Bonchev–Trinajstić information content (AvgIpc) is 2.66. The van der Waals surface area contributed by atoms with Crippen molar-refractivity contribution < 1.29 is 24.4 Å². The quantitative estimate of drug-likeness (QED) is 0.358. The van der Waals surface area contributed by atoms with E-state index in [1.54, 1.807) is 12.1 Å². The number of hydrogen-bond acceptors (Lipinski definition) is 8. The number of amides is 1. The number of aromatic nitrogens is 1. The molecule has 0 aliphatic heterocycles. The Labute approximate surface area is 167 Å². The van der Waals surface area contributed by atoms with Crippen molar-refractivity contribution in [1.29, 1.82) is 0 Å². The van der Waals surface area contributed by atoms with Gasteiger partial charge in [0.1, 0.15) is 17.9 Å². The molecule has 1 aromatic carbocycles. The third-order valence-corrected chi connectivity index (χ3v) is 3.98. The standard InChI is InChI=1S/C16H15ClN4O8/c1-28-14-3-2-10(6-13(14)17)8-19-9-11(20(24)25)7-12(16(19)23)15(22)18-4-5-29-21(26)27/h2-3,6-7,9H,4-5,8H2,1H3,(H,18,22). The summed E-state index contributed by atoms with van der Waals surface area (Å²) >= 11 is 6.05. The number of carbonyl (C=O) groups is 1. The summed E-state index contributed by atoms with van der Waals surface area (Å²) in [5.41, 5.74) is -1.20.